The van der Waals surface area contributed by atoms with Crippen molar-refractivity contribution in [3.63, 3.8) is 0 Å². The molecule has 1 aromatic carbocycles. The Labute approximate surface area is 126 Å². The third-order valence-electron chi connectivity index (χ3n) is 4.63. The topological polar surface area (TPSA) is 47.3 Å². The quantitative estimate of drug-likeness (QED) is 0.636. The van der Waals surface area contributed by atoms with Gasteiger partial charge in [0, 0.05) is 10.6 Å². The van der Waals surface area contributed by atoms with E-state index < -0.39 is 0 Å². The third-order valence-corrected chi connectivity index (χ3v) is 4.86. The van der Waals surface area contributed by atoms with Gasteiger partial charge in [0.05, 0.1) is 13.2 Å². The molecule has 0 amide bonds. The maximum atomic E-state index is 6.16. The molecule has 0 saturated heterocycles. The second-order valence-electron chi connectivity index (χ2n) is 5.65. The zero-order valence-electron chi connectivity index (χ0n) is 12.4. The van der Waals surface area contributed by atoms with E-state index in [0.29, 0.717) is 11.8 Å². The number of halogens is 1. The Morgan fingerprint density at radius 3 is 2.80 bits per heavy atom. The zero-order valence-corrected chi connectivity index (χ0v) is 13.1. The van der Waals surface area contributed by atoms with Gasteiger partial charge in [-0.25, -0.2) is 0 Å². The van der Waals surface area contributed by atoms with Crippen LogP contribution >= 0.6 is 11.6 Å². The molecule has 3 unspecified atom stereocenters. The van der Waals surface area contributed by atoms with E-state index in [4.69, 9.17) is 22.2 Å². The molecule has 112 valence electrons. The molecule has 0 spiro atoms. The summed E-state index contributed by atoms with van der Waals surface area (Å²) in [6.07, 6.45) is 6.32. The van der Waals surface area contributed by atoms with Gasteiger partial charge in [0.1, 0.15) is 5.75 Å². The van der Waals surface area contributed by atoms with Crippen LogP contribution in [0.25, 0.3) is 0 Å². The smallest absolute Gasteiger partial charge is 0.123 e. The van der Waals surface area contributed by atoms with Crippen LogP contribution in [0.2, 0.25) is 5.02 Å². The minimum atomic E-state index is 0.105. The first-order chi connectivity index (χ1) is 9.71. The minimum Gasteiger partial charge on any atom is -0.496 e. The first-order valence-electron chi connectivity index (χ1n) is 7.50. The summed E-state index contributed by atoms with van der Waals surface area (Å²) in [7, 11) is 1.69. The maximum Gasteiger partial charge on any atom is 0.123 e. The largest absolute Gasteiger partial charge is 0.496 e. The second kappa shape index (κ2) is 7.30. The molecular weight excluding hydrogens is 272 g/mol. The van der Waals surface area contributed by atoms with E-state index in [9.17, 15) is 0 Å². The molecule has 3 N–H and O–H groups in total. The highest BCUT2D eigenvalue weighted by molar-refractivity contribution is 6.30. The fourth-order valence-electron chi connectivity index (χ4n) is 3.57. The highest BCUT2D eigenvalue weighted by atomic mass is 35.5. The van der Waals surface area contributed by atoms with Crippen molar-refractivity contribution in [3.8, 4) is 5.75 Å². The summed E-state index contributed by atoms with van der Waals surface area (Å²) in [5.74, 6) is 8.00. The average molecular weight is 297 g/mol. The highest BCUT2D eigenvalue weighted by Crippen LogP contribution is 2.42. The van der Waals surface area contributed by atoms with Crippen molar-refractivity contribution >= 4 is 11.6 Å². The van der Waals surface area contributed by atoms with Crippen molar-refractivity contribution in [2.24, 2.45) is 17.7 Å². The van der Waals surface area contributed by atoms with Crippen molar-refractivity contribution in [2.75, 3.05) is 7.11 Å². The Kier molecular flexibility index (Phi) is 5.70. The van der Waals surface area contributed by atoms with Crippen LogP contribution in [0.4, 0.5) is 0 Å². The molecule has 1 aromatic rings. The van der Waals surface area contributed by atoms with Crippen LogP contribution in [0, 0.1) is 11.8 Å². The molecule has 3 atom stereocenters. The summed E-state index contributed by atoms with van der Waals surface area (Å²) in [6, 6.07) is 5.86. The number of nitrogens with one attached hydrogen (secondary N) is 1. The summed E-state index contributed by atoms with van der Waals surface area (Å²) < 4.78 is 5.49. The molecule has 2 rings (SSSR count). The molecule has 0 radical (unpaired) electrons. The number of nitrogens with two attached hydrogens (primary N) is 1. The Morgan fingerprint density at radius 1 is 1.40 bits per heavy atom. The van der Waals surface area contributed by atoms with Gasteiger partial charge in [-0.2, -0.15) is 0 Å². The first-order valence-corrected chi connectivity index (χ1v) is 7.88. The number of methoxy groups -OCH3 is 1. The Hall–Kier alpha value is -0.770. The Morgan fingerprint density at radius 2 is 2.15 bits per heavy atom. The molecule has 4 heteroatoms. The van der Waals surface area contributed by atoms with E-state index in [1.165, 1.54) is 32.1 Å². The molecule has 0 aliphatic heterocycles. The van der Waals surface area contributed by atoms with Gasteiger partial charge in [0.15, 0.2) is 0 Å². The van der Waals surface area contributed by atoms with Crippen LogP contribution < -0.4 is 16.0 Å². The summed E-state index contributed by atoms with van der Waals surface area (Å²) in [4.78, 5) is 0. The van der Waals surface area contributed by atoms with Crippen molar-refractivity contribution in [2.45, 2.75) is 45.1 Å². The Bertz CT molecular complexity index is 438. The second-order valence-corrected chi connectivity index (χ2v) is 6.08. The standard InChI is InChI=1S/C16H25ClN2O/c1-3-11-6-4-5-7-13(11)16(19-18)14-10-12(17)8-9-15(14)20-2/h8-11,13,16,19H,3-7,18H2,1-2H3. The van der Waals surface area contributed by atoms with Gasteiger partial charge in [-0.05, 0) is 36.5 Å². The summed E-state index contributed by atoms with van der Waals surface area (Å²) in [6.45, 7) is 2.27. The first kappa shape index (κ1) is 15.6. The number of benzene rings is 1. The van der Waals surface area contributed by atoms with Crippen LogP contribution in [0.5, 0.6) is 5.75 Å². The Balaban J connectivity index is 2.33. The van der Waals surface area contributed by atoms with Gasteiger partial charge in [-0.3, -0.25) is 11.3 Å². The molecule has 3 nitrogen and oxygen atoms in total. The molecule has 1 fully saturated rings. The molecule has 1 aliphatic rings. The summed E-state index contributed by atoms with van der Waals surface area (Å²) in [5, 5.41) is 0.727. The number of ether oxygens (including phenoxy) is 1. The normalized spacial score (nSPS) is 24.4. The van der Waals surface area contributed by atoms with Crippen molar-refractivity contribution in [1.82, 2.24) is 5.43 Å². The fraction of sp³-hybridized carbons (Fsp3) is 0.625. The monoisotopic (exact) mass is 296 g/mol. The van der Waals surface area contributed by atoms with Crippen LogP contribution in [0.15, 0.2) is 18.2 Å². The van der Waals surface area contributed by atoms with Crippen molar-refractivity contribution in [3.05, 3.63) is 28.8 Å². The van der Waals surface area contributed by atoms with Gasteiger partial charge in [-0.15, -0.1) is 0 Å². The lowest BCUT2D eigenvalue weighted by atomic mass is 9.72. The molecule has 0 bridgehead atoms. The van der Waals surface area contributed by atoms with Gasteiger partial charge in [-0.1, -0.05) is 44.2 Å². The predicted molar refractivity (Wildman–Crippen MR) is 83.8 cm³/mol. The van der Waals surface area contributed by atoms with E-state index in [1.807, 2.05) is 18.2 Å². The lowest BCUT2D eigenvalue weighted by molar-refractivity contribution is 0.174. The maximum absolute atomic E-state index is 6.16. The van der Waals surface area contributed by atoms with E-state index in [1.54, 1.807) is 7.11 Å². The van der Waals surface area contributed by atoms with Crippen LogP contribution in [-0.4, -0.2) is 7.11 Å². The van der Waals surface area contributed by atoms with E-state index >= 15 is 0 Å². The molecule has 1 aliphatic carbocycles. The van der Waals surface area contributed by atoms with Gasteiger partial charge < -0.3 is 4.74 Å². The van der Waals surface area contributed by atoms with Crippen molar-refractivity contribution < 1.29 is 4.74 Å². The fourth-order valence-corrected chi connectivity index (χ4v) is 3.75. The van der Waals surface area contributed by atoms with E-state index in [-0.39, 0.29) is 6.04 Å². The van der Waals surface area contributed by atoms with Crippen LogP contribution in [0.1, 0.15) is 50.6 Å². The molecule has 0 heterocycles. The lowest BCUT2D eigenvalue weighted by Gasteiger charge is -2.37. The zero-order chi connectivity index (χ0) is 14.5. The van der Waals surface area contributed by atoms with Crippen LogP contribution in [0.3, 0.4) is 0 Å². The SMILES string of the molecule is CCC1CCCCC1C(NN)c1cc(Cl)ccc1OC. The third kappa shape index (κ3) is 3.27. The molecular formula is C16H25ClN2O. The minimum absolute atomic E-state index is 0.105. The molecule has 20 heavy (non-hydrogen) atoms. The van der Waals surface area contributed by atoms with Gasteiger partial charge >= 0.3 is 0 Å². The number of rotatable bonds is 5. The number of hydrogen-bond donors (Lipinski definition) is 2. The summed E-state index contributed by atoms with van der Waals surface area (Å²) >= 11 is 6.16. The number of hydrogen-bond acceptors (Lipinski definition) is 3. The predicted octanol–water partition coefficient (Wildman–Crippen LogP) is 4.07. The van der Waals surface area contributed by atoms with Gasteiger partial charge in [0.25, 0.3) is 0 Å². The summed E-state index contributed by atoms with van der Waals surface area (Å²) in [5.41, 5.74) is 4.09. The van der Waals surface area contributed by atoms with Crippen molar-refractivity contribution in [1.29, 1.82) is 0 Å². The highest BCUT2D eigenvalue weighted by Gasteiger charge is 2.32. The molecule has 1 saturated carbocycles. The van der Waals surface area contributed by atoms with E-state index in [2.05, 4.69) is 12.3 Å². The van der Waals surface area contributed by atoms with E-state index in [0.717, 1.165) is 16.3 Å². The average Bonchev–Trinajstić information content (AvgIpc) is 2.49. The van der Waals surface area contributed by atoms with Crippen LogP contribution in [-0.2, 0) is 0 Å². The molecule has 0 aromatic heterocycles. The number of hydrazine groups is 1. The van der Waals surface area contributed by atoms with Gasteiger partial charge in [0.2, 0.25) is 0 Å². The lowest BCUT2D eigenvalue weighted by Crippen LogP contribution is -2.38.